The number of hydrogen-bond donors (Lipinski definition) is 0. The van der Waals surface area contributed by atoms with Gasteiger partial charge in [-0.2, -0.15) is 5.10 Å². The minimum absolute atomic E-state index is 0.107. The van der Waals surface area contributed by atoms with E-state index in [4.69, 9.17) is 9.47 Å². The first-order valence-corrected chi connectivity index (χ1v) is 9.00. The van der Waals surface area contributed by atoms with Gasteiger partial charge in [0, 0.05) is 24.7 Å². The molecule has 0 fully saturated rings. The van der Waals surface area contributed by atoms with Crippen LogP contribution in [0.5, 0.6) is 11.5 Å². The highest BCUT2D eigenvalue weighted by atomic mass is 16.6. The lowest BCUT2D eigenvalue weighted by Crippen LogP contribution is -2.41. The highest BCUT2D eigenvalue weighted by Gasteiger charge is 2.24. The molecule has 1 aromatic carbocycles. The van der Waals surface area contributed by atoms with Crippen molar-refractivity contribution in [1.82, 2.24) is 19.7 Å². The Morgan fingerprint density at radius 3 is 2.85 bits per heavy atom. The molecule has 0 N–H and O–H groups in total. The van der Waals surface area contributed by atoms with Gasteiger partial charge >= 0.3 is 0 Å². The quantitative estimate of drug-likeness (QED) is 0.710. The lowest BCUT2D eigenvalue weighted by molar-refractivity contribution is 0.0521. The number of aromatic nitrogens is 3. The molecule has 1 amide bonds. The Morgan fingerprint density at radius 2 is 2.07 bits per heavy atom. The molecule has 0 bridgehead atoms. The van der Waals surface area contributed by atoms with Crippen LogP contribution in [0.1, 0.15) is 30.2 Å². The number of ether oxygens (including phenoxy) is 2. The van der Waals surface area contributed by atoms with E-state index in [1.54, 1.807) is 24.3 Å². The maximum Gasteiger partial charge on any atom is 0.255 e. The van der Waals surface area contributed by atoms with Crippen molar-refractivity contribution >= 4 is 16.9 Å². The maximum atomic E-state index is 12.8. The number of nitrogens with zero attached hydrogens (tertiary/aromatic N) is 4. The topological polar surface area (TPSA) is 69.5 Å². The van der Waals surface area contributed by atoms with E-state index >= 15 is 0 Å². The third-order valence-electron chi connectivity index (χ3n) is 4.56. The minimum Gasteiger partial charge on any atom is -0.486 e. The van der Waals surface area contributed by atoms with Gasteiger partial charge in [0.2, 0.25) is 0 Å². The Kier molecular flexibility index (Phi) is 4.43. The van der Waals surface area contributed by atoms with Crippen LogP contribution in [0.15, 0.2) is 42.7 Å². The molecule has 0 saturated heterocycles. The van der Waals surface area contributed by atoms with Gasteiger partial charge in [-0.05, 0) is 32.0 Å². The van der Waals surface area contributed by atoms with Gasteiger partial charge in [-0.3, -0.25) is 4.79 Å². The summed E-state index contributed by atoms with van der Waals surface area (Å²) in [7, 11) is 1.76. The number of likely N-dealkylation sites (N-methyl/N-ethyl adjacent to an activating group) is 1. The molecule has 1 aliphatic rings. The summed E-state index contributed by atoms with van der Waals surface area (Å²) in [6.07, 6.45) is 3.14. The molecule has 0 radical (unpaired) electrons. The number of fused-ring (bicyclic) bond motifs is 2. The predicted octanol–water partition coefficient (Wildman–Crippen LogP) is 2.92. The van der Waals surface area contributed by atoms with Gasteiger partial charge in [0.05, 0.1) is 18.3 Å². The summed E-state index contributed by atoms with van der Waals surface area (Å²) < 4.78 is 13.5. The molecule has 0 spiro atoms. The fraction of sp³-hybridized carbons (Fsp3) is 0.350. The zero-order valence-corrected chi connectivity index (χ0v) is 15.6. The summed E-state index contributed by atoms with van der Waals surface area (Å²) in [6, 6.07) is 9.60. The smallest absolute Gasteiger partial charge is 0.255 e. The Bertz CT molecular complexity index is 982. The second-order valence-corrected chi connectivity index (χ2v) is 7.00. The third-order valence-corrected chi connectivity index (χ3v) is 4.56. The molecule has 0 aliphatic carbocycles. The molecule has 3 heterocycles. The van der Waals surface area contributed by atoms with Crippen LogP contribution in [-0.2, 0) is 0 Å². The van der Waals surface area contributed by atoms with Crippen molar-refractivity contribution in [2.45, 2.75) is 26.0 Å². The number of hydrogen-bond acceptors (Lipinski definition) is 5. The number of amides is 1. The molecule has 140 valence electrons. The summed E-state index contributed by atoms with van der Waals surface area (Å²) in [4.78, 5) is 18.9. The van der Waals surface area contributed by atoms with Gasteiger partial charge in [-0.25, -0.2) is 9.67 Å². The van der Waals surface area contributed by atoms with Gasteiger partial charge in [0.1, 0.15) is 6.61 Å². The molecule has 27 heavy (non-hydrogen) atoms. The van der Waals surface area contributed by atoms with Crippen LogP contribution in [0.25, 0.3) is 11.0 Å². The van der Waals surface area contributed by atoms with Crippen LogP contribution in [0.2, 0.25) is 0 Å². The van der Waals surface area contributed by atoms with Gasteiger partial charge in [-0.15, -0.1) is 0 Å². The first-order chi connectivity index (χ1) is 13.0. The van der Waals surface area contributed by atoms with E-state index < -0.39 is 0 Å². The van der Waals surface area contributed by atoms with E-state index in [2.05, 4.69) is 10.1 Å². The van der Waals surface area contributed by atoms with Gasteiger partial charge in [0.25, 0.3) is 5.91 Å². The van der Waals surface area contributed by atoms with Crippen LogP contribution >= 0.6 is 0 Å². The number of benzene rings is 1. The molecular weight excluding hydrogens is 344 g/mol. The number of para-hydroxylation sites is 2. The second-order valence-electron chi connectivity index (χ2n) is 7.00. The maximum absolute atomic E-state index is 12.8. The molecule has 7 nitrogen and oxygen atoms in total. The molecule has 1 atom stereocenters. The highest BCUT2D eigenvalue weighted by Crippen LogP contribution is 2.31. The fourth-order valence-corrected chi connectivity index (χ4v) is 3.20. The summed E-state index contributed by atoms with van der Waals surface area (Å²) in [5.41, 5.74) is 1.32. The van der Waals surface area contributed by atoms with Gasteiger partial charge < -0.3 is 14.4 Å². The average Bonchev–Trinajstić information content (AvgIpc) is 3.10. The van der Waals surface area contributed by atoms with E-state index in [0.717, 1.165) is 16.8 Å². The third kappa shape index (κ3) is 3.32. The van der Waals surface area contributed by atoms with Gasteiger partial charge in [-0.1, -0.05) is 12.1 Å². The second kappa shape index (κ2) is 6.90. The summed E-state index contributed by atoms with van der Waals surface area (Å²) in [5, 5.41) is 5.20. The number of carbonyl (C=O) groups is 1. The molecule has 1 unspecified atom stereocenters. The minimum atomic E-state index is -0.214. The molecule has 0 saturated carbocycles. The lowest BCUT2D eigenvalue weighted by Gasteiger charge is -2.29. The van der Waals surface area contributed by atoms with Crippen molar-refractivity contribution in [1.29, 1.82) is 0 Å². The lowest BCUT2D eigenvalue weighted by atomic mass is 10.2. The Labute approximate surface area is 157 Å². The molecule has 3 aromatic rings. The van der Waals surface area contributed by atoms with Crippen molar-refractivity contribution in [2.24, 2.45) is 0 Å². The first-order valence-electron chi connectivity index (χ1n) is 9.00. The Morgan fingerprint density at radius 1 is 1.30 bits per heavy atom. The zero-order chi connectivity index (χ0) is 19.0. The summed E-state index contributed by atoms with van der Waals surface area (Å²) >= 11 is 0. The molecule has 2 aromatic heterocycles. The fourth-order valence-electron chi connectivity index (χ4n) is 3.20. The summed E-state index contributed by atoms with van der Waals surface area (Å²) in [5.74, 6) is 1.34. The van der Waals surface area contributed by atoms with Crippen molar-refractivity contribution < 1.29 is 14.3 Å². The van der Waals surface area contributed by atoms with Crippen LogP contribution in [-0.4, -0.2) is 51.9 Å². The average molecular weight is 366 g/mol. The van der Waals surface area contributed by atoms with E-state index in [1.165, 1.54) is 0 Å². The Hall–Kier alpha value is -3.09. The van der Waals surface area contributed by atoms with Gasteiger partial charge in [0.15, 0.2) is 23.3 Å². The molecule has 7 heteroatoms. The van der Waals surface area contributed by atoms with Crippen molar-refractivity contribution in [3.05, 3.63) is 48.3 Å². The van der Waals surface area contributed by atoms with E-state index in [1.807, 2.05) is 48.9 Å². The van der Waals surface area contributed by atoms with Crippen molar-refractivity contribution in [3.63, 3.8) is 0 Å². The predicted molar refractivity (Wildman–Crippen MR) is 101 cm³/mol. The largest absolute Gasteiger partial charge is 0.486 e. The molecule has 4 rings (SSSR count). The van der Waals surface area contributed by atoms with Crippen molar-refractivity contribution in [3.8, 4) is 11.5 Å². The number of carbonyl (C=O) groups excluding carboxylic acids is 1. The highest BCUT2D eigenvalue weighted by molar-refractivity contribution is 5.96. The molecular formula is C20H22N4O3. The Balaban J connectivity index is 1.47. The molecule has 1 aliphatic heterocycles. The van der Waals surface area contributed by atoms with Crippen LogP contribution in [0.4, 0.5) is 0 Å². The number of rotatable bonds is 4. The SMILES string of the molecule is CC(C)n1ncc2cc(C(=O)N(C)CC3COc4ccccc4O3)cnc21. The zero-order valence-electron chi connectivity index (χ0n) is 15.6. The van der Waals surface area contributed by atoms with Crippen LogP contribution in [0.3, 0.4) is 0 Å². The summed E-state index contributed by atoms with van der Waals surface area (Å²) in [6.45, 7) is 4.93. The van der Waals surface area contributed by atoms with Crippen molar-refractivity contribution in [2.75, 3.05) is 20.2 Å². The van der Waals surface area contributed by atoms with E-state index in [9.17, 15) is 4.79 Å². The van der Waals surface area contributed by atoms with E-state index in [0.29, 0.717) is 24.5 Å². The first kappa shape index (κ1) is 17.3. The number of pyridine rings is 1. The normalized spacial score (nSPS) is 15.9. The monoisotopic (exact) mass is 366 g/mol. The standard InChI is InChI=1S/C20H22N4O3/c1-13(2)24-19-14(10-22-24)8-15(9-21-19)20(25)23(3)11-16-12-26-17-6-4-5-7-18(17)27-16/h4-10,13,16H,11-12H2,1-3H3. The van der Waals surface area contributed by atoms with Crippen LogP contribution < -0.4 is 9.47 Å². The van der Waals surface area contributed by atoms with E-state index in [-0.39, 0.29) is 18.1 Å². The van der Waals surface area contributed by atoms with Crippen LogP contribution in [0, 0.1) is 0 Å².